The first kappa shape index (κ1) is 12.7. The Bertz CT molecular complexity index is 611. The van der Waals surface area contributed by atoms with Crippen LogP contribution in [0.3, 0.4) is 0 Å². The maximum absolute atomic E-state index is 12.0. The molecule has 2 aromatic rings. The van der Waals surface area contributed by atoms with E-state index in [9.17, 15) is 4.79 Å². The Morgan fingerprint density at radius 1 is 1.50 bits per heavy atom. The monoisotopic (exact) mass is 273 g/mol. The predicted octanol–water partition coefficient (Wildman–Crippen LogP) is 0.751. The summed E-state index contributed by atoms with van der Waals surface area (Å²) in [6, 6.07) is 0. The third-order valence-electron chi connectivity index (χ3n) is 3.43. The van der Waals surface area contributed by atoms with Gasteiger partial charge < -0.3 is 4.74 Å². The van der Waals surface area contributed by atoms with Crippen molar-refractivity contribution in [3.63, 3.8) is 0 Å². The average Bonchev–Trinajstić information content (AvgIpc) is 2.97. The number of hydrogen-bond acceptors (Lipinski definition) is 6. The Balaban J connectivity index is 1.61. The van der Waals surface area contributed by atoms with Gasteiger partial charge in [0.25, 0.3) is 0 Å². The summed E-state index contributed by atoms with van der Waals surface area (Å²) in [6.45, 7) is 2.03. The topological polar surface area (TPSA) is 93.6 Å². The minimum Gasteiger partial charge on any atom is -0.459 e. The molecule has 0 radical (unpaired) electrons. The van der Waals surface area contributed by atoms with Crippen LogP contribution in [0.2, 0.25) is 0 Å². The van der Waals surface area contributed by atoms with E-state index in [2.05, 4.69) is 25.4 Å². The van der Waals surface area contributed by atoms with E-state index in [1.165, 1.54) is 0 Å². The van der Waals surface area contributed by atoms with Gasteiger partial charge in [-0.3, -0.25) is 4.79 Å². The molecule has 0 spiro atoms. The maximum atomic E-state index is 12.0. The van der Waals surface area contributed by atoms with Crippen LogP contribution >= 0.6 is 0 Å². The molecule has 2 heterocycles. The molecule has 104 valence electrons. The Kier molecular flexibility index (Phi) is 3.41. The summed E-state index contributed by atoms with van der Waals surface area (Å²) in [5.41, 5.74) is 2.72. The molecule has 1 aliphatic rings. The zero-order valence-corrected chi connectivity index (χ0v) is 11.2. The highest BCUT2D eigenvalue weighted by atomic mass is 16.5. The Morgan fingerprint density at radius 3 is 3.20 bits per heavy atom. The van der Waals surface area contributed by atoms with E-state index in [4.69, 9.17) is 4.74 Å². The van der Waals surface area contributed by atoms with Gasteiger partial charge in [-0.25, -0.2) is 9.97 Å². The van der Waals surface area contributed by atoms with Crippen molar-refractivity contribution in [3.8, 4) is 0 Å². The van der Waals surface area contributed by atoms with Crippen molar-refractivity contribution in [3.05, 3.63) is 35.2 Å². The fraction of sp³-hybridized carbons (Fsp3) is 0.462. The largest absolute Gasteiger partial charge is 0.459 e. The van der Waals surface area contributed by atoms with Crippen LogP contribution in [-0.4, -0.2) is 31.3 Å². The number of aromatic amines is 1. The van der Waals surface area contributed by atoms with E-state index in [1.54, 1.807) is 6.20 Å². The molecule has 0 fully saturated rings. The van der Waals surface area contributed by atoms with Crippen molar-refractivity contribution in [2.45, 2.75) is 32.8 Å². The van der Waals surface area contributed by atoms with Crippen LogP contribution in [-0.2, 0) is 29.0 Å². The molecule has 1 unspecified atom stereocenters. The molecule has 1 N–H and O–H groups in total. The number of ether oxygens (including phenoxy) is 1. The zero-order chi connectivity index (χ0) is 13.9. The number of carbonyl (C=O) groups is 1. The van der Waals surface area contributed by atoms with Gasteiger partial charge in [0, 0.05) is 11.9 Å². The number of rotatable bonds is 3. The summed E-state index contributed by atoms with van der Waals surface area (Å²) in [7, 11) is 0. The molecule has 7 heteroatoms. The van der Waals surface area contributed by atoms with Gasteiger partial charge in [0.1, 0.15) is 18.1 Å². The number of aryl methyl sites for hydroxylation is 2. The predicted molar refractivity (Wildman–Crippen MR) is 68.5 cm³/mol. The molecule has 7 nitrogen and oxygen atoms in total. The summed E-state index contributed by atoms with van der Waals surface area (Å²) < 4.78 is 5.26. The third kappa shape index (κ3) is 2.66. The summed E-state index contributed by atoms with van der Waals surface area (Å²) in [5, 5.41) is 10.00. The first-order valence-corrected chi connectivity index (χ1v) is 6.55. The van der Waals surface area contributed by atoms with E-state index in [1.807, 2.05) is 13.1 Å². The normalized spacial score (nSPS) is 17.6. The first-order chi connectivity index (χ1) is 9.72. The number of carbonyl (C=O) groups excluding carboxylic acids is 1. The first-order valence-electron chi connectivity index (χ1n) is 6.55. The summed E-state index contributed by atoms with van der Waals surface area (Å²) in [6.07, 6.45) is 5.56. The Labute approximate surface area is 115 Å². The highest BCUT2D eigenvalue weighted by Crippen LogP contribution is 2.24. The summed E-state index contributed by atoms with van der Waals surface area (Å²) >= 11 is 0. The number of fused-ring (bicyclic) bond motifs is 1. The lowest BCUT2D eigenvalue weighted by atomic mass is 9.87. The van der Waals surface area contributed by atoms with Crippen LogP contribution in [0.5, 0.6) is 0 Å². The van der Waals surface area contributed by atoms with Crippen molar-refractivity contribution < 1.29 is 9.53 Å². The van der Waals surface area contributed by atoms with Crippen LogP contribution in [0, 0.1) is 12.8 Å². The Morgan fingerprint density at radius 2 is 2.40 bits per heavy atom. The van der Waals surface area contributed by atoms with Crippen molar-refractivity contribution >= 4 is 5.97 Å². The van der Waals surface area contributed by atoms with Gasteiger partial charge in [-0.1, -0.05) is 0 Å². The molecule has 1 aliphatic carbocycles. The van der Waals surface area contributed by atoms with Gasteiger partial charge in [0.05, 0.1) is 12.1 Å². The quantitative estimate of drug-likeness (QED) is 0.829. The van der Waals surface area contributed by atoms with Crippen LogP contribution in [0.15, 0.2) is 12.4 Å². The fourth-order valence-electron chi connectivity index (χ4n) is 2.37. The van der Waals surface area contributed by atoms with Gasteiger partial charge in [-0.15, -0.1) is 0 Å². The number of esters is 1. The molecule has 0 aromatic carbocycles. The van der Waals surface area contributed by atoms with Crippen LogP contribution in [0.4, 0.5) is 0 Å². The SMILES string of the molecule is Cc1ncc2c(n1)CCC(C(=O)OCc1cn[nH]n1)C2. The summed E-state index contributed by atoms with van der Waals surface area (Å²) in [4.78, 5) is 20.6. The van der Waals surface area contributed by atoms with Crippen LogP contribution < -0.4 is 0 Å². The molecule has 20 heavy (non-hydrogen) atoms. The van der Waals surface area contributed by atoms with Gasteiger partial charge in [-0.2, -0.15) is 15.4 Å². The highest BCUT2D eigenvalue weighted by molar-refractivity contribution is 5.73. The van der Waals surface area contributed by atoms with Gasteiger partial charge >= 0.3 is 5.97 Å². The molecule has 2 aromatic heterocycles. The van der Waals surface area contributed by atoms with E-state index in [-0.39, 0.29) is 18.5 Å². The van der Waals surface area contributed by atoms with Crippen LogP contribution in [0.25, 0.3) is 0 Å². The number of nitrogens with zero attached hydrogens (tertiary/aromatic N) is 4. The van der Waals surface area contributed by atoms with E-state index >= 15 is 0 Å². The lowest BCUT2D eigenvalue weighted by molar-refractivity contribution is -0.150. The minimum atomic E-state index is -0.195. The standard InChI is InChI=1S/C13H15N5O2/c1-8-14-5-10-4-9(2-3-12(10)16-8)13(19)20-7-11-6-15-18-17-11/h5-6,9H,2-4,7H2,1H3,(H,15,17,18). The van der Waals surface area contributed by atoms with E-state index in [0.29, 0.717) is 12.1 Å². The third-order valence-corrected chi connectivity index (χ3v) is 3.43. The molecule has 0 bridgehead atoms. The number of aromatic nitrogens is 5. The van der Waals surface area contributed by atoms with Crippen molar-refractivity contribution in [2.24, 2.45) is 5.92 Å². The van der Waals surface area contributed by atoms with Gasteiger partial charge in [0.2, 0.25) is 0 Å². The van der Waals surface area contributed by atoms with Gasteiger partial charge in [0.15, 0.2) is 0 Å². The minimum absolute atomic E-state index is 0.124. The van der Waals surface area contributed by atoms with Crippen LogP contribution in [0.1, 0.15) is 29.2 Å². The second-order valence-corrected chi connectivity index (χ2v) is 4.90. The molecular formula is C13H15N5O2. The summed E-state index contributed by atoms with van der Waals surface area (Å²) in [5.74, 6) is 0.454. The van der Waals surface area contributed by atoms with Crippen molar-refractivity contribution in [1.82, 2.24) is 25.4 Å². The fourth-order valence-corrected chi connectivity index (χ4v) is 2.37. The van der Waals surface area contributed by atoms with E-state index < -0.39 is 0 Å². The maximum Gasteiger partial charge on any atom is 0.309 e. The smallest absolute Gasteiger partial charge is 0.309 e. The van der Waals surface area contributed by atoms with Gasteiger partial charge in [-0.05, 0) is 31.7 Å². The Hall–Kier alpha value is -2.31. The number of nitrogens with one attached hydrogen (secondary N) is 1. The molecule has 0 saturated heterocycles. The van der Waals surface area contributed by atoms with Crippen molar-refractivity contribution in [1.29, 1.82) is 0 Å². The molecule has 1 atom stereocenters. The molecule has 0 saturated carbocycles. The molecular weight excluding hydrogens is 258 g/mol. The van der Waals surface area contributed by atoms with Crippen molar-refractivity contribution in [2.75, 3.05) is 0 Å². The lowest BCUT2D eigenvalue weighted by Crippen LogP contribution is -2.25. The highest BCUT2D eigenvalue weighted by Gasteiger charge is 2.27. The zero-order valence-electron chi connectivity index (χ0n) is 11.2. The van der Waals surface area contributed by atoms with E-state index in [0.717, 1.165) is 29.9 Å². The number of hydrogen-bond donors (Lipinski definition) is 1. The second-order valence-electron chi connectivity index (χ2n) is 4.90. The molecule has 0 amide bonds. The molecule has 3 rings (SSSR count). The number of H-pyrrole nitrogens is 1. The molecule has 0 aliphatic heterocycles. The average molecular weight is 273 g/mol. The second kappa shape index (κ2) is 5.36. The lowest BCUT2D eigenvalue weighted by Gasteiger charge is -2.22.